The zero-order valence-corrected chi connectivity index (χ0v) is 18.7. The Hall–Kier alpha value is -3.07. The summed E-state index contributed by atoms with van der Waals surface area (Å²) in [6.07, 6.45) is 1.17. The van der Waals surface area contributed by atoms with Gasteiger partial charge in [-0.15, -0.1) is 0 Å². The Bertz CT molecular complexity index is 1080. The molecule has 0 saturated heterocycles. The van der Waals surface area contributed by atoms with E-state index in [0.29, 0.717) is 29.2 Å². The minimum Gasteiger partial charge on any atom is -0.478 e. The van der Waals surface area contributed by atoms with Crippen molar-refractivity contribution in [1.82, 2.24) is 5.32 Å². The lowest BCUT2D eigenvalue weighted by atomic mass is 10.1. The number of fused-ring (bicyclic) bond motifs is 1. The Balaban J connectivity index is 1.84. The summed E-state index contributed by atoms with van der Waals surface area (Å²) >= 11 is 0. The van der Waals surface area contributed by atoms with Crippen molar-refractivity contribution in [2.24, 2.45) is 0 Å². The van der Waals surface area contributed by atoms with Gasteiger partial charge in [-0.25, -0.2) is 8.42 Å². The van der Waals surface area contributed by atoms with E-state index in [2.05, 4.69) is 10.6 Å². The van der Waals surface area contributed by atoms with E-state index in [9.17, 15) is 18.0 Å². The molecule has 2 aromatic carbocycles. The Morgan fingerprint density at radius 2 is 1.94 bits per heavy atom. The molecule has 9 heteroatoms. The van der Waals surface area contributed by atoms with Crippen LogP contribution in [-0.2, 0) is 14.8 Å². The van der Waals surface area contributed by atoms with Crippen LogP contribution in [0.25, 0.3) is 0 Å². The van der Waals surface area contributed by atoms with Gasteiger partial charge in [0.2, 0.25) is 10.0 Å². The fourth-order valence-corrected chi connectivity index (χ4v) is 4.29. The maximum absolute atomic E-state index is 13.0. The zero-order valence-electron chi connectivity index (χ0n) is 17.8. The number of nitrogens with zero attached hydrogens (tertiary/aromatic N) is 1. The number of benzene rings is 2. The van der Waals surface area contributed by atoms with E-state index in [0.717, 1.165) is 18.2 Å². The highest BCUT2D eigenvalue weighted by atomic mass is 32.2. The van der Waals surface area contributed by atoms with E-state index in [1.807, 2.05) is 13.8 Å². The quantitative estimate of drug-likeness (QED) is 0.711. The fraction of sp³-hybridized carbons (Fsp3) is 0.364. The molecule has 3 rings (SSSR count). The number of carbonyl (C=O) groups is 2. The normalized spacial score (nSPS) is 16.0. The predicted octanol–water partition coefficient (Wildman–Crippen LogP) is 2.69. The molecule has 2 aromatic rings. The van der Waals surface area contributed by atoms with Gasteiger partial charge in [0.1, 0.15) is 5.75 Å². The van der Waals surface area contributed by atoms with Crippen molar-refractivity contribution in [3.05, 3.63) is 53.6 Å². The largest absolute Gasteiger partial charge is 0.478 e. The minimum atomic E-state index is -3.55. The zero-order chi connectivity index (χ0) is 22.6. The molecule has 166 valence electrons. The number of hydrogen-bond acceptors (Lipinski definition) is 5. The molecule has 31 heavy (non-hydrogen) atoms. The van der Waals surface area contributed by atoms with Crippen LogP contribution in [0, 0.1) is 6.92 Å². The van der Waals surface area contributed by atoms with Crippen molar-refractivity contribution < 1.29 is 22.7 Å². The highest BCUT2D eigenvalue weighted by molar-refractivity contribution is 7.92. The van der Waals surface area contributed by atoms with E-state index in [-0.39, 0.29) is 18.9 Å². The third-order valence-electron chi connectivity index (χ3n) is 4.90. The molecule has 1 atom stereocenters. The third-order valence-corrected chi connectivity index (χ3v) is 6.08. The summed E-state index contributed by atoms with van der Waals surface area (Å²) in [5.74, 6) is -0.399. The van der Waals surface area contributed by atoms with Gasteiger partial charge in [0, 0.05) is 19.5 Å². The van der Waals surface area contributed by atoms with Crippen LogP contribution in [0.15, 0.2) is 42.5 Å². The number of amides is 2. The predicted molar refractivity (Wildman–Crippen MR) is 120 cm³/mol. The van der Waals surface area contributed by atoms with E-state index < -0.39 is 22.0 Å². The van der Waals surface area contributed by atoms with Crippen LogP contribution >= 0.6 is 0 Å². The summed E-state index contributed by atoms with van der Waals surface area (Å²) < 4.78 is 31.8. The molecule has 0 fully saturated rings. The molecule has 2 amide bonds. The number of para-hydroxylation sites is 1. The first kappa shape index (κ1) is 22.6. The molecule has 0 aliphatic carbocycles. The average Bonchev–Trinajstić information content (AvgIpc) is 2.91. The highest BCUT2D eigenvalue weighted by Gasteiger charge is 2.31. The van der Waals surface area contributed by atoms with Gasteiger partial charge in [0.05, 0.1) is 23.2 Å². The summed E-state index contributed by atoms with van der Waals surface area (Å²) in [6.45, 7) is 4.45. The Kier molecular flexibility index (Phi) is 6.84. The minimum absolute atomic E-state index is 0.103. The summed E-state index contributed by atoms with van der Waals surface area (Å²) in [7, 11) is -3.55. The summed E-state index contributed by atoms with van der Waals surface area (Å²) in [5.41, 5.74) is 2.02. The molecule has 1 aliphatic rings. The topological polar surface area (TPSA) is 105 Å². The smallest absolute Gasteiger partial charge is 0.265 e. The van der Waals surface area contributed by atoms with Gasteiger partial charge < -0.3 is 15.4 Å². The molecule has 0 saturated carbocycles. The molecule has 0 aromatic heterocycles. The number of anilines is 2. The third kappa shape index (κ3) is 5.35. The number of carbonyl (C=O) groups excluding carboxylic acids is 2. The van der Waals surface area contributed by atoms with E-state index in [1.165, 1.54) is 4.31 Å². The molecule has 8 nitrogen and oxygen atoms in total. The first-order valence-electron chi connectivity index (χ1n) is 10.1. The van der Waals surface area contributed by atoms with Crippen molar-refractivity contribution in [3.8, 4) is 5.75 Å². The van der Waals surface area contributed by atoms with Gasteiger partial charge in [0.15, 0.2) is 6.10 Å². The van der Waals surface area contributed by atoms with Gasteiger partial charge >= 0.3 is 0 Å². The van der Waals surface area contributed by atoms with E-state index in [4.69, 9.17) is 4.74 Å². The number of sulfonamides is 1. The summed E-state index contributed by atoms with van der Waals surface area (Å²) in [5, 5.41) is 5.57. The Labute approximate surface area is 182 Å². The molecule has 0 unspecified atom stereocenters. The van der Waals surface area contributed by atoms with Gasteiger partial charge in [-0.2, -0.15) is 0 Å². The molecular formula is C22H27N3O5S. The van der Waals surface area contributed by atoms with Crippen LogP contribution in [0.5, 0.6) is 5.75 Å². The van der Waals surface area contributed by atoms with Gasteiger partial charge in [-0.3, -0.25) is 13.9 Å². The van der Waals surface area contributed by atoms with Crippen molar-refractivity contribution in [1.29, 1.82) is 0 Å². The first-order valence-corrected chi connectivity index (χ1v) is 12.0. The lowest BCUT2D eigenvalue weighted by Crippen LogP contribution is -2.36. The van der Waals surface area contributed by atoms with Crippen LogP contribution < -0.4 is 19.7 Å². The maximum Gasteiger partial charge on any atom is 0.265 e. The fourth-order valence-electron chi connectivity index (χ4n) is 3.36. The summed E-state index contributed by atoms with van der Waals surface area (Å²) in [4.78, 5) is 25.4. The molecule has 1 aliphatic heterocycles. The number of rotatable bonds is 6. The lowest BCUT2D eigenvalue weighted by molar-refractivity contribution is -0.122. The van der Waals surface area contributed by atoms with Crippen LogP contribution in [0.1, 0.15) is 35.7 Å². The monoisotopic (exact) mass is 445 g/mol. The van der Waals surface area contributed by atoms with Crippen molar-refractivity contribution in [2.75, 3.05) is 29.0 Å². The van der Waals surface area contributed by atoms with Crippen molar-refractivity contribution >= 4 is 33.2 Å². The van der Waals surface area contributed by atoms with Crippen LogP contribution in [-0.4, -0.2) is 45.7 Å². The summed E-state index contributed by atoms with van der Waals surface area (Å²) in [6, 6.07) is 11.9. The van der Waals surface area contributed by atoms with Crippen LogP contribution in [0.3, 0.4) is 0 Å². The van der Waals surface area contributed by atoms with Gasteiger partial charge in [0.25, 0.3) is 11.8 Å². The van der Waals surface area contributed by atoms with E-state index in [1.54, 1.807) is 42.5 Å². The van der Waals surface area contributed by atoms with E-state index >= 15 is 0 Å². The number of ether oxygens (including phenoxy) is 1. The number of aryl methyl sites for hydroxylation is 1. The standard InChI is InChI=1S/C22H27N3O5S/c1-4-12-23-21(26)16-7-5-6-8-17(16)24-22(27)20-11-13-25(31(3,28)29)18-14-15(2)9-10-19(18)30-20/h5-10,14,20H,4,11-13H2,1-3H3,(H,23,26)(H,24,27)/t20-/m0/s1. The lowest BCUT2D eigenvalue weighted by Gasteiger charge is -2.21. The molecule has 1 heterocycles. The Morgan fingerprint density at radius 1 is 1.19 bits per heavy atom. The molecule has 0 bridgehead atoms. The molecule has 0 spiro atoms. The first-order chi connectivity index (χ1) is 14.7. The van der Waals surface area contributed by atoms with Crippen molar-refractivity contribution in [3.63, 3.8) is 0 Å². The average molecular weight is 446 g/mol. The maximum atomic E-state index is 13.0. The Morgan fingerprint density at radius 3 is 2.65 bits per heavy atom. The SMILES string of the molecule is CCCNC(=O)c1ccccc1NC(=O)[C@@H]1CCN(S(C)(=O)=O)c2cc(C)ccc2O1. The molecule has 2 N–H and O–H groups in total. The second-order valence-electron chi connectivity index (χ2n) is 7.49. The highest BCUT2D eigenvalue weighted by Crippen LogP contribution is 2.35. The molecule has 0 radical (unpaired) electrons. The second kappa shape index (κ2) is 9.38. The van der Waals surface area contributed by atoms with Crippen molar-refractivity contribution in [2.45, 2.75) is 32.8 Å². The number of hydrogen-bond donors (Lipinski definition) is 2. The van der Waals surface area contributed by atoms with Gasteiger partial charge in [-0.1, -0.05) is 25.1 Å². The van der Waals surface area contributed by atoms with Gasteiger partial charge in [-0.05, 0) is 43.2 Å². The van der Waals surface area contributed by atoms with Crippen LogP contribution in [0.4, 0.5) is 11.4 Å². The van der Waals surface area contributed by atoms with Crippen LogP contribution in [0.2, 0.25) is 0 Å². The molecular weight excluding hydrogens is 418 g/mol. The second-order valence-corrected chi connectivity index (χ2v) is 9.40. The number of nitrogens with one attached hydrogen (secondary N) is 2.